The third kappa shape index (κ3) is 3.94. The molecule has 0 radical (unpaired) electrons. The van der Waals surface area contributed by atoms with Crippen LogP contribution in [0.15, 0.2) is 53.1 Å². The second-order valence-electron chi connectivity index (χ2n) is 7.28. The van der Waals surface area contributed by atoms with E-state index in [0.717, 1.165) is 16.8 Å². The number of fused-ring (bicyclic) bond motifs is 1. The van der Waals surface area contributed by atoms with Crippen molar-refractivity contribution in [1.82, 2.24) is 19.9 Å². The van der Waals surface area contributed by atoms with E-state index in [9.17, 15) is 0 Å². The molecule has 0 unspecified atom stereocenters. The predicted octanol–water partition coefficient (Wildman–Crippen LogP) is 4.93. The highest BCUT2D eigenvalue weighted by atomic mass is 35.5. The van der Waals surface area contributed by atoms with Gasteiger partial charge in [0, 0.05) is 10.6 Å². The van der Waals surface area contributed by atoms with Crippen LogP contribution in [0.3, 0.4) is 0 Å². The molecule has 1 aliphatic heterocycles. The quantitative estimate of drug-likeness (QED) is 0.410. The van der Waals surface area contributed by atoms with Gasteiger partial charge in [-0.25, -0.2) is 0 Å². The second-order valence-corrected chi connectivity index (χ2v) is 7.71. The van der Waals surface area contributed by atoms with E-state index in [1.54, 1.807) is 7.11 Å². The molecule has 0 aliphatic carbocycles. The number of hydrogen-bond acceptors (Lipinski definition) is 7. The van der Waals surface area contributed by atoms with Crippen molar-refractivity contribution in [3.05, 3.63) is 64.8 Å². The number of nitrogens with zero attached hydrogens (tertiary/aromatic N) is 4. The topological polar surface area (TPSA) is 84.4 Å². The zero-order valence-electron chi connectivity index (χ0n) is 17.6. The number of methoxy groups -OCH3 is 1. The molecule has 1 aliphatic rings. The highest BCUT2D eigenvalue weighted by Gasteiger charge is 2.24. The Labute approximate surface area is 189 Å². The first-order valence-corrected chi connectivity index (χ1v) is 10.6. The van der Waals surface area contributed by atoms with Crippen LogP contribution in [0.2, 0.25) is 5.02 Å². The first-order chi connectivity index (χ1) is 15.6. The summed E-state index contributed by atoms with van der Waals surface area (Å²) in [6, 6.07) is 15.1. The minimum atomic E-state index is -0.0953. The van der Waals surface area contributed by atoms with Gasteiger partial charge in [0.2, 0.25) is 5.82 Å². The average molecular weight is 453 g/mol. The number of ether oxygens (including phenoxy) is 3. The van der Waals surface area contributed by atoms with E-state index < -0.39 is 0 Å². The normalized spacial score (nSPS) is 15.4. The molecular weight excluding hydrogens is 432 g/mol. The van der Waals surface area contributed by atoms with E-state index in [-0.39, 0.29) is 6.10 Å². The molecular formula is C23H21ClN4O4. The molecule has 2 aromatic heterocycles. The average Bonchev–Trinajstić information content (AvgIpc) is 3.46. The van der Waals surface area contributed by atoms with E-state index in [1.165, 1.54) is 0 Å². The van der Waals surface area contributed by atoms with Gasteiger partial charge in [-0.2, -0.15) is 10.1 Å². The maximum Gasteiger partial charge on any atom is 0.278 e. The monoisotopic (exact) mass is 452 g/mol. The van der Waals surface area contributed by atoms with Gasteiger partial charge in [0.05, 0.1) is 32.6 Å². The Bertz CT molecular complexity index is 1240. The van der Waals surface area contributed by atoms with Crippen LogP contribution in [0.25, 0.3) is 23.0 Å². The molecule has 0 saturated heterocycles. The molecule has 8 nitrogen and oxygen atoms in total. The largest absolute Gasteiger partial charge is 0.493 e. The van der Waals surface area contributed by atoms with Gasteiger partial charge < -0.3 is 18.7 Å². The Kier molecular flexibility index (Phi) is 5.55. The third-order valence-electron chi connectivity index (χ3n) is 5.24. The smallest absolute Gasteiger partial charge is 0.278 e. The number of benzene rings is 2. The van der Waals surface area contributed by atoms with Gasteiger partial charge in [-0.15, -0.1) is 0 Å². The summed E-state index contributed by atoms with van der Waals surface area (Å²) in [7, 11) is 1.60. The van der Waals surface area contributed by atoms with Crippen LogP contribution in [-0.2, 0) is 17.9 Å². The molecule has 0 N–H and O–H groups in total. The zero-order valence-corrected chi connectivity index (χ0v) is 18.4. The molecule has 0 amide bonds. The summed E-state index contributed by atoms with van der Waals surface area (Å²) < 4.78 is 24.4. The predicted molar refractivity (Wildman–Crippen MR) is 118 cm³/mol. The molecule has 5 rings (SSSR count). The van der Waals surface area contributed by atoms with Crippen molar-refractivity contribution in [2.75, 3.05) is 13.7 Å². The fourth-order valence-corrected chi connectivity index (χ4v) is 3.76. The van der Waals surface area contributed by atoms with E-state index in [2.05, 4.69) is 15.2 Å². The molecule has 3 heterocycles. The minimum Gasteiger partial charge on any atom is -0.493 e. The maximum absolute atomic E-state index is 6.02. The number of hydrogen-bond donors (Lipinski definition) is 0. The number of rotatable bonds is 6. The van der Waals surface area contributed by atoms with Crippen molar-refractivity contribution in [2.45, 2.75) is 26.2 Å². The van der Waals surface area contributed by atoms with E-state index in [0.29, 0.717) is 53.7 Å². The molecule has 0 bridgehead atoms. The summed E-state index contributed by atoms with van der Waals surface area (Å²) in [5.41, 5.74) is 3.38. The summed E-state index contributed by atoms with van der Waals surface area (Å²) >= 11 is 5.99. The van der Waals surface area contributed by atoms with Crippen molar-refractivity contribution >= 4 is 11.6 Å². The van der Waals surface area contributed by atoms with Gasteiger partial charge >= 0.3 is 0 Å². The van der Waals surface area contributed by atoms with Gasteiger partial charge in [0.25, 0.3) is 5.89 Å². The Hall–Kier alpha value is -3.36. The van der Waals surface area contributed by atoms with Crippen LogP contribution < -0.4 is 9.47 Å². The van der Waals surface area contributed by atoms with Crippen molar-refractivity contribution in [1.29, 1.82) is 0 Å². The first kappa shape index (κ1) is 20.5. The molecule has 0 spiro atoms. The third-order valence-corrected chi connectivity index (χ3v) is 5.50. The van der Waals surface area contributed by atoms with E-state index >= 15 is 0 Å². The number of aromatic nitrogens is 4. The van der Waals surface area contributed by atoms with Gasteiger partial charge in [-0.3, -0.25) is 4.68 Å². The van der Waals surface area contributed by atoms with Crippen molar-refractivity contribution < 1.29 is 18.7 Å². The van der Waals surface area contributed by atoms with E-state index in [1.807, 2.05) is 60.1 Å². The lowest BCUT2D eigenvalue weighted by molar-refractivity contribution is -0.00112. The van der Waals surface area contributed by atoms with Gasteiger partial charge in [0.15, 0.2) is 17.2 Å². The van der Waals surface area contributed by atoms with Crippen molar-refractivity contribution in [3.8, 4) is 34.5 Å². The van der Waals surface area contributed by atoms with Gasteiger partial charge in [0.1, 0.15) is 6.10 Å². The van der Waals surface area contributed by atoms with E-state index in [4.69, 9.17) is 30.3 Å². The highest BCUT2D eigenvalue weighted by Crippen LogP contribution is 2.33. The van der Waals surface area contributed by atoms with Crippen LogP contribution in [0.4, 0.5) is 0 Å². The Balaban J connectivity index is 1.38. The molecule has 1 atom stereocenters. The lowest BCUT2D eigenvalue weighted by Crippen LogP contribution is -2.21. The lowest BCUT2D eigenvalue weighted by atomic mass is 10.1. The molecule has 4 aromatic rings. The summed E-state index contributed by atoms with van der Waals surface area (Å²) in [5, 5.41) is 9.48. The molecule has 32 heavy (non-hydrogen) atoms. The molecule has 0 saturated carbocycles. The fraction of sp³-hybridized carbons (Fsp3) is 0.261. The maximum atomic E-state index is 6.02. The molecule has 164 valence electrons. The SMILES string of the molecule is CCOc1cc(-c2noc(-c3cc4n(n3)C[C@H](c3ccc(Cl)cc3)OC4)n2)ccc1OC. The van der Waals surface area contributed by atoms with Crippen LogP contribution >= 0.6 is 11.6 Å². The standard InChI is InChI=1S/C23H21ClN4O4/c1-3-30-20-10-15(6-9-19(20)29-2)22-25-23(32-27-22)18-11-17-13-31-21(12-28(17)26-18)14-4-7-16(24)8-5-14/h4-11,21H,3,12-13H2,1-2H3/t21-/m1/s1. The summed E-state index contributed by atoms with van der Waals surface area (Å²) in [5.74, 6) is 2.07. The Morgan fingerprint density at radius 1 is 1.12 bits per heavy atom. The Morgan fingerprint density at radius 2 is 1.97 bits per heavy atom. The zero-order chi connectivity index (χ0) is 22.1. The van der Waals surface area contributed by atoms with Crippen LogP contribution in [0.1, 0.15) is 24.3 Å². The second kappa shape index (κ2) is 8.64. The summed E-state index contributed by atoms with van der Waals surface area (Å²) in [6.07, 6.45) is -0.0953. The van der Waals surface area contributed by atoms with Crippen LogP contribution in [0, 0.1) is 0 Å². The molecule has 2 aromatic carbocycles. The highest BCUT2D eigenvalue weighted by molar-refractivity contribution is 6.30. The summed E-state index contributed by atoms with van der Waals surface area (Å²) in [4.78, 5) is 4.53. The van der Waals surface area contributed by atoms with Crippen molar-refractivity contribution in [3.63, 3.8) is 0 Å². The fourth-order valence-electron chi connectivity index (χ4n) is 3.64. The lowest BCUT2D eigenvalue weighted by Gasteiger charge is -2.24. The minimum absolute atomic E-state index is 0.0953. The van der Waals surface area contributed by atoms with Crippen molar-refractivity contribution in [2.24, 2.45) is 0 Å². The summed E-state index contributed by atoms with van der Waals surface area (Å²) in [6.45, 7) is 3.47. The van der Waals surface area contributed by atoms with Crippen LogP contribution in [0.5, 0.6) is 11.5 Å². The first-order valence-electron chi connectivity index (χ1n) is 10.2. The van der Waals surface area contributed by atoms with Gasteiger partial charge in [-0.1, -0.05) is 28.9 Å². The number of halogens is 1. The van der Waals surface area contributed by atoms with Crippen LogP contribution in [-0.4, -0.2) is 33.6 Å². The molecule has 0 fully saturated rings. The molecule has 9 heteroatoms. The van der Waals surface area contributed by atoms with Gasteiger partial charge in [-0.05, 0) is 48.9 Å². The Morgan fingerprint density at radius 3 is 2.75 bits per heavy atom.